The second kappa shape index (κ2) is 12.2. The van der Waals surface area contributed by atoms with Crippen LogP contribution >= 0.6 is 0 Å². The molecule has 0 spiro atoms. The molecule has 158 valence electrons. The lowest BCUT2D eigenvalue weighted by Gasteiger charge is -2.02. The van der Waals surface area contributed by atoms with E-state index in [1.807, 2.05) is 0 Å². The lowest BCUT2D eigenvalue weighted by Crippen LogP contribution is -1.83. The van der Waals surface area contributed by atoms with Gasteiger partial charge in [0.1, 0.15) is 23.3 Å². The van der Waals surface area contributed by atoms with Gasteiger partial charge in [-0.1, -0.05) is 60.7 Å². The summed E-state index contributed by atoms with van der Waals surface area (Å²) in [6.07, 6.45) is 0. The van der Waals surface area contributed by atoms with Gasteiger partial charge in [0, 0.05) is 11.1 Å². The summed E-state index contributed by atoms with van der Waals surface area (Å²) in [5.41, 5.74) is 2.36. The van der Waals surface area contributed by atoms with Crippen LogP contribution in [0.25, 0.3) is 22.3 Å². The largest absolute Gasteiger partial charge is 0.335 e. The summed E-state index contributed by atoms with van der Waals surface area (Å²) in [4.78, 5) is 0. The second-order valence-electron chi connectivity index (χ2n) is 6.04. The fourth-order valence-electron chi connectivity index (χ4n) is 2.65. The molecule has 4 aromatic carbocycles. The van der Waals surface area contributed by atoms with Crippen LogP contribution in [0.2, 0.25) is 0 Å². The monoisotopic (exact) mass is 444 g/mol. The predicted octanol–water partition coefficient (Wildman–Crippen LogP) is 6.59. The summed E-state index contributed by atoms with van der Waals surface area (Å²) in [7, 11) is 0. The number of halogens is 4. The third-order valence-electron chi connectivity index (χ3n) is 4.06. The van der Waals surface area contributed by atoms with E-state index in [0.717, 1.165) is 0 Å². The number of benzene rings is 4. The Labute approximate surface area is 180 Å². The van der Waals surface area contributed by atoms with Gasteiger partial charge in [0.25, 0.3) is 0 Å². The Bertz CT molecular complexity index is 1050. The van der Waals surface area contributed by atoms with Crippen LogP contribution in [-0.2, 0) is 11.6 Å². The molecular weight excluding hydrogens is 428 g/mol. The zero-order valence-corrected chi connectivity index (χ0v) is 16.8. The fraction of sp³-hybridized carbons (Fsp3) is 0. The Morgan fingerprint density at radius 2 is 0.742 bits per heavy atom. The summed E-state index contributed by atoms with van der Waals surface area (Å²) in [6.45, 7) is 0. The van der Waals surface area contributed by atoms with Crippen molar-refractivity contribution in [2.45, 2.75) is 0 Å². The highest BCUT2D eigenvalue weighted by Gasteiger charge is 2.03. The van der Waals surface area contributed by atoms with Crippen molar-refractivity contribution in [1.82, 2.24) is 0 Å². The van der Waals surface area contributed by atoms with Gasteiger partial charge in [0.15, 0.2) is 0 Å². The van der Waals surface area contributed by atoms with Crippen LogP contribution in [0.4, 0.5) is 17.6 Å². The van der Waals surface area contributed by atoms with Gasteiger partial charge in [-0.3, -0.25) is 0 Å². The molecule has 0 aliphatic rings. The first-order valence-electron chi connectivity index (χ1n) is 8.89. The first kappa shape index (κ1) is 23.7. The minimum absolute atomic E-state index is 0.292. The summed E-state index contributed by atoms with van der Waals surface area (Å²) in [5.74, 6) is -1.21. The van der Waals surface area contributed by atoms with Crippen molar-refractivity contribution in [2.24, 2.45) is 0 Å². The first-order chi connectivity index (χ1) is 15.0. The minimum atomic E-state index is -0.750. The lowest BCUT2D eigenvalue weighted by atomic mass is 10.1. The highest BCUT2D eigenvalue weighted by molar-refractivity contribution is 7.51. The summed E-state index contributed by atoms with van der Waals surface area (Å²) < 4.78 is 68.4. The molecule has 0 aliphatic heterocycles. The van der Waals surface area contributed by atoms with Crippen molar-refractivity contribution >= 4 is 11.6 Å². The number of hydrogen-bond acceptors (Lipinski definition) is 2. The van der Waals surface area contributed by atoms with E-state index in [0.29, 0.717) is 22.3 Å². The Kier molecular flexibility index (Phi) is 9.32. The zero-order chi connectivity index (χ0) is 22.6. The molecule has 0 fully saturated rings. The topological polar surface area (TPSA) is 34.1 Å². The minimum Gasteiger partial charge on any atom is -0.207 e. The molecule has 0 radical (unpaired) electrons. The van der Waals surface area contributed by atoms with Crippen molar-refractivity contribution in [3.63, 3.8) is 0 Å². The van der Waals surface area contributed by atoms with Gasteiger partial charge in [-0.2, -0.15) is 8.42 Å². The van der Waals surface area contributed by atoms with Crippen LogP contribution in [0.15, 0.2) is 97.1 Å². The van der Waals surface area contributed by atoms with Crippen molar-refractivity contribution in [3.8, 4) is 22.3 Å². The molecular formula is C24H16F4O2S. The standard InChI is InChI=1S/2C12H8F2.O2S/c2*13-10-7-5-9(6-8-10)11-3-1-2-4-12(11)14;1-3-2/h2*1-8H;. The zero-order valence-electron chi connectivity index (χ0n) is 16.0. The summed E-state index contributed by atoms with van der Waals surface area (Å²) in [6, 6.07) is 24.4. The van der Waals surface area contributed by atoms with Crippen molar-refractivity contribution in [1.29, 1.82) is 0 Å². The van der Waals surface area contributed by atoms with Gasteiger partial charge in [-0.05, 0) is 47.5 Å². The van der Waals surface area contributed by atoms with Crippen LogP contribution in [0.5, 0.6) is 0 Å². The van der Waals surface area contributed by atoms with E-state index in [-0.39, 0.29) is 23.3 Å². The molecule has 2 nitrogen and oxygen atoms in total. The van der Waals surface area contributed by atoms with Gasteiger partial charge >= 0.3 is 11.6 Å². The Balaban J connectivity index is 0.000000196. The number of rotatable bonds is 2. The fourth-order valence-corrected chi connectivity index (χ4v) is 2.65. The number of hydrogen-bond donors (Lipinski definition) is 0. The Hall–Kier alpha value is -3.58. The highest BCUT2D eigenvalue weighted by atomic mass is 32.1. The van der Waals surface area contributed by atoms with Crippen LogP contribution in [-0.4, -0.2) is 8.42 Å². The van der Waals surface area contributed by atoms with Crippen LogP contribution in [0, 0.1) is 23.3 Å². The Morgan fingerprint density at radius 3 is 1.03 bits per heavy atom. The maximum absolute atomic E-state index is 13.3. The third-order valence-corrected chi connectivity index (χ3v) is 4.06. The van der Waals surface area contributed by atoms with Gasteiger partial charge in [-0.25, -0.2) is 17.6 Å². The smallest absolute Gasteiger partial charge is 0.207 e. The summed E-state index contributed by atoms with van der Waals surface area (Å²) >= 11 is -0.750. The average molecular weight is 444 g/mol. The first-order valence-corrected chi connectivity index (χ1v) is 9.55. The van der Waals surface area contributed by atoms with Crippen molar-refractivity contribution < 1.29 is 26.0 Å². The van der Waals surface area contributed by atoms with E-state index in [4.69, 9.17) is 8.42 Å². The van der Waals surface area contributed by atoms with E-state index in [9.17, 15) is 17.6 Å². The average Bonchev–Trinajstić information content (AvgIpc) is 2.77. The van der Waals surface area contributed by atoms with Gasteiger partial charge in [0.2, 0.25) is 0 Å². The second-order valence-corrected chi connectivity index (χ2v) is 6.18. The van der Waals surface area contributed by atoms with Crippen LogP contribution in [0.1, 0.15) is 0 Å². The van der Waals surface area contributed by atoms with E-state index in [2.05, 4.69) is 0 Å². The van der Waals surface area contributed by atoms with Gasteiger partial charge in [0.05, 0.1) is 0 Å². The molecule has 7 heteroatoms. The normalized spacial score (nSPS) is 9.55. The van der Waals surface area contributed by atoms with E-state index in [1.165, 1.54) is 36.4 Å². The molecule has 0 amide bonds. The molecule has 0 bridgehead atoms. The molecule has 0 heterocycles. The van der Waals surface area contributed by atoms with E-state index < -0.39 is 11.6 Å². The van der Waals surface area contributed by atoms with Crippen LogP contribution in [0.3, 0.4) is 0 Å². The molecule has 0 unspecified atom stereocenters. The lowest BCUT2D eigenvalue weighted by molar-refractivity contribution is 0.625. The molecule has 0 atom stereocenters. The molecule has 4 rings (SSSR count). The molecule has 0 aliphatic carbocycles. The summed E-state index contributed by atoms with van der Waals surface area (Å²) in [5, 5.41) is 0. The molecule has 4 aromatic rings. The Morgan fingerprint density at radius 1 is 0.452 bits per heavy atom. The highest BCUT2D eigenvalue weighted by Crippen LogP contribution is 2.23. The maximum Gasteiger partial charge on any atom is 0.335 e. The van der Waals surface area contributed by atoms with Crippen molar-refractivity contribution in [3.05, 3.63) is 120 Å². The van der Waals surface area contributed by atoms with E-state index >= 15 is 0 Å². The molecule has 31 heavy (non-hydrogen) atoms. The van der Waals surface area contributed by atoms with Crippen molar-refractivity contribution in [2.75, 3.05) is 0 Å². The molecule has 0 saturated heterocycles. The SMILES string of the molecule is Fc1ccc(-c2ccccc2F)cc1.Fc1ccc(-c2ccccc2F)cc1.O=S=O. The molecule has 0 N–H and O–H groups in total. The molecule has 0 saturated carbocycles. The molecule has 0 aromatic heterocycles. The third kappa shape index (κ3) is 7.31. The van der Waals surface area contributed by atoms with E-state index in [1.54, 1.807) is 60.7 Å². The maximum atomic E-state index is 13.3. The van der Waals surface area contributed by atoms with Crippen LogP contribution < -0.4 is 0 Å². The quantitative estimate of drug-likeness (QED) is 0.327. The predicted molar refractivity (Wildman–Crippen MR) is 113 cm³/mol. The van der Waals surface area contributed by atoms with Gasteiger partial charge in [-0.15, -0.1) is 0 Å². The van der Waals surface area contributed by atoms with Gasteiger partial charge < -0.3 is 0 Å².